The number of hydrogen-bond donors (Lipinski definition) is 1. The fraction of sp³-hybridized carbons (Fsp3) is 0.800. The van der Waals surface area contributed by atoms with Crippen molar-refractivity contribution in [2.75, 3.05) is 6.54 Å². The van der Waals surface area contributed by atoms with Crippen LogP contribution in [0.25, 0.3) is 20.9 Å². The van der Waals surface area contributed by atoms with Gasteiger partial charge in [-0.15, -0.1) is 0 Å². The summed E-state index contributed by atoms with van der Waals surface area (Å²) in [4.78, 5) is 15.9. The lowest BCUT2D eigenvalue weighted by Gasteiger charge is -2.43. The van der Waals surface area contributed by atoms with Crippen LogP contribution in [0.2, 0.25) is 0 Å². The number of carbonyl (C=O) groups is 1. The number of esters is 1. The Hall–Kier alpha value is -1.75. The Bertz CT molecular complexity index is 663. The van der Waals surface area contributed by atoms with E-state index in [9.17, 15) is 13.6 Å². The van der Waals surface area contributed by atoms with Crippen molar-refractivity contribution >= 4 is 46.7 Å². The van der Waals surface area contributed by atoms with Gasteiger partial charge in [-0.1, -0.05) is 45.0 Å². The zero-order valence-electron chi connectivity index (χ0n) is 12.7. The van der Waals surface area contributed by atoms with Crippen LogP contribution in [0.5, 0.6) is 0 Å². The van der Waals surface area contributed by atoms with Crippen LogP contribution < -0.4 is 0 Å². The molecule has 1 aliphatic heterocycles. The Morgan fingerprint density at radius 3 is 2.42 bits per heavy atom. The van der Waals surface area contributed by atoms with E-state index < -0.39 is 52.7 Å². The predicted octanol–water partition coefficient (Wildman–Crippen LogP) is 3.63. The maximum absolute atomic E-state index is 14.6. The minimum Gasteiger partial charge on any atom is -0.455 e. The smallest absolute Gasteiger partial charge is 0.310 e. The van der Waals surface area contributed by atoms with Crippen molar-refractivity contribution in [1.29, 1.82) is 5.41 Å². The number of ether oxygens (including phenoxy) is 3. The van der Waals surface area contributed by atoms with Crippen molar-refractivity contribution < 1.29 is 27.8 Å². The van der Waals surface area contributed by atoms with Gasteiger partial charge in [-0.25, -0.2) is 0 Å². The van der Waals surface area contributed by atoms with E-state index in [-0.39, 0.29) is 0 Å². The van der Waals surface area contributed by atoms with Crippen LogP contribution in [0.1, 0.15) is 6.92 Å². The minimum absolute atomic E-state index is 0.848. The van der Waals surface area contributed by atoms with E-state index in [1.807, 2.05) is 0 Å². The van der Waals surface area contributed by atoms with Crippen molar-refractivity contribution in [3.8, 4) is 0 Å². The SMILES string of the molecule is CC(=O)O[C@@H]1C(N=[N+]=[N-])C(OC(=N)C(Cl)(Cl)Cl)O[C@H](CN=[N+]=[N-])C1(F)F. The van der Waals surface area contributed by atoms with Crippen LogP contribution in [0.15, 0.2) is 10.2 Å². The number of carbonyl (C=O) groups excluding carboxylic acids is 1. The molecule has 0 saturated carbocycles. The van der Waals surface area contributed by atoms with Gasteiger partial charge in [-0.2, -0.15) is 8.78 Å². The lowest BCUT2D eigenvalue weighted by molar-refractivity contribution is -0.295. The average molecular weight is 437 g/mol. The molecule has 2 unspecified atom stereocenters. The second-order valence-corrected chi connectivity index (χ2v) is 7.03. The summed E-state index contributed by atoms with van der Waals surface area (Å²) in [7, 11) is 0. The number of nitrogens with zero attached hydrogens (tertiary/aromatic N) is 6. The fourth-order valence-corrected chi connectivity index (χ4v) is 2.08. The average Bonchev–Trinajstić information content (AvgIpc) is 2.51. The van der Waals surface area contributed by atoms with Crippen molar-refractivity contribution in [3.63, 3.8) is 0 Å². The standard InChI is InChI=1S/C10H10Cl3F2N7O4/c1-3(23)24-6-5(20-22-18)7(26-8(16)10(11,12)13)25-4(2-19-21-17)9(6,14)15/h4-7,16H,2H2,1H3/t4-,5?,6-,7?/m1/s1. The highest BCUT2D eigenvalue weighted by Gasteiger charge is 2.61. The van der Waals surface area contributed by atoms with E-state index >= 15 is 0 Å². The number of rotatable bonds is 5. The summed E-state index contributed by atoms with van der Waals surface area (Å²) in [6.45, 7) is -0.0361. The van der Waals surface area contributed by atoms with Gasteiger partial charge in [0.2, 0.25) is 12.2 Å². The predicted molar refractivity (Wildman–Crippen MR) is 85.2 cm³/mol. The van der Waals surface area contributed by atoms with E-state index in [1.54, 1.807) is 0 Å². The quantitative estimate of drug-likeness (QED) is 0.132. The van der Waals surface area contributed by atoms with Gasteiger partial charge in [0, 0.05) is 16.7 Å². The molecule has 0 radical (unpaired) electrons. The molecule has 4 atom stereocenters. The minimum atomic E-state index is -3.93. The van der Waals surface area contributed by atoms with E-state index in [2.05, 4.69) is 24.8 Å². The highest BCUT2D eigenvalue weighted by atomic mass is 35.6. The molecule has 1 fully saturated rings. The molecule has 0 aromatic rings. The number of azide groups is 2. The number of hydrogen-bond acceptors (Lipinski definition) is 7. The van der Waals surface area contributed by atoms with E-state index in [0.29, 0.717) is 0 Å². The Morgan fingerprint density at radius 2 is 1.96 bits per heavy atom. The third-order valence-corrected chi connectivity index (χ3v) is 3.49. The lowest BCUT2D eigenvalue weighted by atomic mass is 9.95. The normalized spacial score (nSPS) is 27.5. The molecule has 1 aliphatic rings. The summed E-state index contributed by atoms with van der Waals surface area (Å²) >= 11 is 16.3. The van der Waals surface area contributed by atoms with Gasteiger partial charge in [-0.05, 0) is 11.1 Å². The molecule has 0 spiro atoms. The third kappa shape index (κ3) is 5.37. The number of nitrogens with one attached hydrogen (secondary N) is 1. The highest BCUT2D eigenvalue weighted by Crippen LogP contribution is 2.40. The zero-order chi connectivity index (χ0) is 20.1. The molecule has 11 nitrogen and oxygen atoms in total. The Balaban J connectivity index is 3.32. The summed E-state index contributed by atoms with van der Waals surface area (Å²) in [6.07, 6.45) is -6.38. The lowest BCUT2D eigenvalue weighted by Crippen LogP contribution is -2.64. The van der Waals surface area contributed by atoms with Crippen molar-refractivity contribution in [3.05, 3.63) is 20.9 Å². The molecular formula is C10H10Cl3F2N7O4. The Morgan fingerprint density at radius 1 is 1.35 bits per heavy atom. The number of halogens is 5. The topological polar surface area (TPSA) is 166 Å². The molecule has 0 aromatic heterocycles. The van der Waals surface area contributed by atoms with Gasteiger partial charge in [-0.3, -0.25) is 10.2 Å². The van der Waals surface area contributed by atoms with E-state index in [4.69, 9.17) is 60.7 Å². The van der Waals surface area contributed by atoms with Crippen molar-refractivity contribution in [2.45, 2.75) is 41.2 Å². The monoisotopic (exact) mass is 435 g/mol. The second kappa shape index (κ2) is 8.76. The van der Waals surface area contributed by atoms with Gasteiger partial charge in [0.25, 0.3) is 3.79 Å². The van der Waals surface area contributed by atoms with Crippen LogP contribution in [0.3, 0.4) is 0 Å². The van der Waals surface area contributed by atoms with E-state index in [0.717, 1.165) is 6.92 Å². The summed E-state index contributed by atoms with van der Waals surface area (Å²) in [5.74, 6) is -6.08. The summed E-state index contributed by atoms with van der Waals surface area (Å²) in [5, 5.41) is 13.6. The Labute approximate surface area is 159 Å². The molecule has 0 amide bonds. The molecule has 1 heterocycles. The van der Waals surface area contributed by atoms with Crippen LogP contribution in [-0.4, -0.2) is 52.7 Å². The summed E-state index contributed by atoms with van der Waals surface area (Å²) in [5.41, 5.74) is 16.9. The molecule has 144 valence electrons. The first kappa shape index (κ1) is 22.3. The van der Waals surface area contributed by atoms with Gasteiger partial charge < -0.3 is 14.2 Å². The third-order valence-electron chi connectivity index (χ3n) is 2.98. The fourth-order valence-electron chi connectivity index (χ4n) is 1.94. The molecule has 1 rings (SSSR count). The largest absolute Gasteiger partial charge is 0.455 e. The van der Waals surface area contributed by atoms with Gasteiger partial charge >= 0.3 is 11.9 Å². The van der Waals surface area contributed by atoms with Gasteiger partial charge in [0.1, 0.15) is 12.1 Å². The molecule has 0 bridgehead atoms. The van der Waals surface area contributed by atoms with Gasteiger partial charge in [0.05, 0.1) is 6.54 Å². The molecular weight excluding hydrogens is 427 g/mol. The summed E-state index contributed by atoms with van der Waals surface area (Å²) < 4.78 is 41.2. The maximum atomic E-state index is 14.6. The Kier molecular flexibility index (Phi) is 7.51. The van der Waals surface area contributed by atoms with Crippen LogP contribution in [0.4, 0.5) is 8.78 Å². The van der Waals surface area contributed by atoms with Crippen LogP contribution in [0, 0.1) is 5.41 Å². The molecule has 0 aliphatic carbocycles. The second-order valence-electron chi connectivity index (χ2n) is 4.75. The highest BCUT2D eigenvalue weighted by molar-refractivity contribution is 6.76. The van der Waals surface area contributed by atoms with Crippen LogP contribution in [-0.2, 0) is 19.0 Å². The molecule has 1 N–H and O–H groups in total. The first-order valence-electron chi connectivity index (χ1n) is 6.53. The maximum Gasteiger partial charge on any atom is 0.310 e. The first-order valence-corrected chi connectivity index (χ1v) is 7.66. The molecule has 0 aromatic carbocycles. The number of alkyl halides is 5. The molecule has 1 saturated heterocycles. The van der Waals surface area contributed by atoms with E-state index in [1.165, 1.54) is 0 Å². The van der Waals surface area contributed by atoms with Crippen molar-refractivity contribution in [1.82, 2.24) is 0 Å². The molecule has 26 heavy (non-hydrogen) atoms. The van der Waals surface area contributed by atoms with Gasteiger partial charge in [0.15, 0.2) is 6.10 Å². The molecule has 16 heteroatoms. The summed E-state index contributed by atoms with van der Waals surface area (Å²) in [6, 6.07) is -1.94. The zero-order valence-corrected chi connectivity index (χ0v) is 15.0. The van der Waals surface area contributed by atoms with Crippen LogP contribution >= 0.6 is 34.8 Å². The first-order chi connectivity index (χ1) is 11.9. The van der Waals surface area contributed by atoms with Crippen molar-refractivity contribution in [2.24, 2.45) is 10.2 Å².